The number of nitro benzene ring substituents is 1. The number of anilines is 1. The summed E-state index contributed by atoms with van der Waals surface area (Å²) in [7, 11) is 0. The van der Waals surface area contributed by atoms with Crippen molar-refractivity contribution in [2.45, 2.75) is 6.42 Å². The predicted octanol–water partition coefficient (Wildman–Crippen LogP) is 3.59. The smallest absolute Gasteiger partial charge is 0.275 e. The Hall–Kier alpha value is -2.02. The summed E-state index contributed by atoms with van der Waals surface area (Å²) < 4.78 is 27.1. The maximum absolute atomic E-state index is 13.5. The maximum atomic E-state index is 13.5. The summed E-state index contributed by atoms with van der Waals surface area (Å²) in [6.07, 6.45) is 0.624. The molecule has 0 radical (unpaired) electrons. The van der Waals surface area contributed by atoms with Crippen LogP contribution in [-0.4, -0.2) is 11.5 Å². The molecule has 7 heteroatoms. The number of nitro groups is 1. The highest BCUT2D eigenvalue weighted by Crippen LogP contribution is 2.24. The van der Waals surface area contributed by atoms with Gasteiger partial charge in [-0.05, 0) is 28.8 Å². The second kappa shape index (κ2) is 5.75. The van der Waals surface area contributed by atoms with E-state index in [-0.39, 0.29) is 5.69 Å². The molecule has 2 aromatic rings. The molecule has 0 aliphatic carbocycles. The normalized spacial score (nSPS) is 10.4. The van der Waals surface area contributed by atoms with Gasteiger partial charge in [-0.1, -0.05) is 0 Å². The van der Waals surface area contributed by atoms with Gasteiger partial charge in [0.1, 0.15) is 5.69 Å². The first-order valence-electron chi connectivity index (χ1n) is 5.46. The van der Waals surface area contributed by atoms with Crippen molar-refractivity contribution in [3.8, 4) is 0 Å². The summed E-state index contributed by atoms with van der Waals surface area (Å²) in [6.45, 7) is 0.350. The van der Waals surface area contributed by atoms with E-state index in [2.05, 4.69) is 5.32 Å². The third-order valence-electron chi connectivity index (χ3n) is 2.53. The van der Waals surface area contributed by atoms with Gasteiger partial charge in [0.05, 0.1) is 17.1 Å². The molecule has 100 valence electrons. The van der Waals surface area contributed by atoms with Crippen molar-refractivity contribution in [2.75, 3.05) is 11.9 Å². The van der Waals surface area contributed by atoms with Gasteiger partial charge in [-0.2, -0.15) is 11.3 Å². The number of nitrogens with one attached hydrogen (secondary N) is 1. The molecular weight excluding hydrogens is 274 g/mol. The molecular formula is C12H10F2N2O2S. The summed E-state index contributed by atoms with van der Waals surface area (Å²) in [5.74, 6) is -1.92. The Morgan fingerprint density at radius 1 is 1.32 bits per heavy atom. The molecule has 1 aromatic heterocycles. The van der Waals surface area contributed by atoms with Gasteiger partial charge in [-0.25, -0.2) is 8.78 Å². The average molecular weight is 284 g/mol. The van der Waals surface area contributed by atoms with Crippen LogP contribution in [0.4, 0.5) is 20.2 Å². The summed E-state index contributed by atoms with van der Waals surface area (Å²) in [5.41, 5.74) is 0.138. The van der Waals surface area contributed by atoms with Crippen LogP contribution in [0.2, 0.25) is 0 Å². The molecule has 0 aliphatic heterocycles. The van der Waals surface area contributed by atoms with Gasteiger partial charge in [0.15, 0.2) is 11.6 Å². The van der Waals surface area contributed by atoms with E-state index < -0.39 is 22.2 Å². The number of benzene rings is 1. The first kappa shape index (κ1) is 13.4. The molecule has 0 aliphatic rings. The number of rotatable bonds is 5. The van der Waals surface area contributed by atoms with Gasteiger partial charge < -0.3 is 5.32 Å². The van der Waals surface area contributed by atoms with Crippen molar-refractivity contribution in [2.24, 2.45) is 0 Å². The fourth-order valence-electron chi connectivity index (χ4n) is 1.60. The van der Waals surface area contributed by atoms with Crippen LogP contribution in [0, 0.1) is 21.7 Å². The van der Waals surface area contributed by atoms with Gasteiger partial charge in [0.2, 0.25) is 0 Å². The molecule has 1 aromatic carbocycles. The highest BCUT2D eigenvalue weighted by atomic mass is 32.1. The molecule has 0 amide bonds. The van der Waals surface area contributed by atoms with Crippen LogP contribution in [0.5, 0.6) is 0 Å². The van der Waals surface area contributed by atoms with Crippen molar-refractivity contribution in [3.05, 3.63) is 56.3 Å². The van der Waals surface area contributed by atoms with E-state index in [1.165, 1.54) is 0 Å². The number of nitrogens with zero attached hydrogens (tertiary/aromatic N) is 1. The quantitative estimate of drug-likeness (QED) is 0.674. The van der Waals surface area contributed by atoms with Gasteiger partial charge in [0, 0.05) is 6.54 Å². The Bertz CT molecular complexity index is 564. The number of non-ortho nitro benzene ring substituents is 1. The molecule has 2 rings (SSSR count). The lowest BCUT2D eigenvalue weighted by atomic mass is 10.2. The van der Waals surface area contributed by atoms with Gasteiger partial charge >= 0.3 is 0 Å². The van der Waals surface area contributed by atoms with E-state index in [0.29, 0.717) is 25.1 Å². The Balaban J connectivity index is 2.06. The van der Waals surface area contributed by atoms with Gasteiger partial charge in [-0.15, -0.1) is 0 Å². The van der Waals surface area contributed by atoms with Crippen molar-refractivity contribution in [1.82, 2.24) is 0 Å². The van der Waals surface area contributed by atoms with E-state index in [1.807, 2.05) is 16.8 Å². The second-order valence-corrected chi connectivity index (χ2v) is 4.63. The zero-order chi connectivity index (χ0) is 13.8. The molecule has 19 heavy (non-hydrogen) atoms. The van der Waals surface area contributed by atoms with E-state index in [9.17, 15) is 18.9 Å². The van der Waals surface area contributed by atoms with E-state index in [1.54, 1.807) is 11.3 Å². The highest BCUT2D eigenvalue weighted by Gasteiger charge is 2.16. The molecule has 0 atom stereocenters. The monoisotopic (exact) mass is 284 g/mol. The topological polar surface area (TPSA) is 55.2 Å². The number of hydrogen-bond acceptors (Lipinski definition) is 4. The minimum absolute atomic E-state index is 0.333. The van der Waals surface area contributed by atoms with E-state index >= 15 is 0 Å². The summed E-state index contributed by atoms with van der Waals surface area (Å²) in [5, 5.41) is 16.9. The maximum Gasteiger partial charge on any atom is 0.275 e. The molecule has 0 bridgehead atoms. The van der Waals surface area contributed by atoms with Crippen molar-refractivity contribution >= 4 is 22.7 Å². The minimum atomic E-state index is -0.961. The van der Waals surface area contributed by atoms with Crippen molar-refractivity contribution < 1.29 is 13.7 Å². The third-order valence-corrected chi connectivity index (χ3v) is 3.27. The zero-order valence-corrected chi connectivity index (χ0v) is 10.5. The molecule has 0 spiro atoms. The Morgan fingerprint density at radius 2 is 2.00 bits per heavy atom. The van der Waals surface area contributed by atoms with Crippen LogP contribution in [0.25, 0.3) is 0 Å². The second-order valence-electron chi connectivity index (χ2n) is 3.85. The summed E-state index contributed by atoms with van der Waals surface area (Å²) in [6, 6.07) is 3.33. The number of hydrogen-bond donors (Lipinski definition) is 1. The average Bonchev–Trinajstić information content (AvgIpc) is 2.85. The SMILES string of the molecule is O=[N+]([O-])c1cc(F)c(NCCc2ccsc2)c(F)c1. The third kappa shape index (κ3) is 3.25. The largest absolute Gasteiger partial charge is 0.380 e. The lowest BCUT2D eigenvalue weighted by molar-refractivity contribution is -0.385. The standard InChI is InChI=1S/C12H10F2N2O2S/c13-10-5-9(16(17)18)6-11(14)12(10)15-3-1-8-2-4-19-7-8/h2,4-7,15H,1,3H2. The number of thiophene rings is 1. The van der Waals surface area contributed by atoms with Gasteiger partial charge in [0.25, 0.3) is 5.69 Å². The first-order chi connectivity index (χ1) is 9.08. The highest BCUT2D eigenvalue weighted by molar-refractivity contribution is 7.07. The van der Waals surface area contributed by atoms with Crippen LogP contribution in [0.15, 0.2) is 29.0 Å². The predicted molar refractivity (Wildman–Crippen MR) is 69.5 cm³/mol. The Morgan fingerprint density at radius 3 is 2.53 bits per heavy atom. The zero-order valence-electron chi connectivity index (χ0n) is 9.73. The molecule has 0 fully saturated rings. The first-order valence-corrected chi connectivity index (χ1v) is 6.40. The fourth-order valence-corrected chi connectivity index (χ4v) is 2.30. The van der Waals surface area contributed by atoms with Crippen LogP contribution in [-0.2, 0) is 6.42 Å². The van der Waals surface area contributed by atoms with Crippen LogP contribution in [0.1, 0.15) is 5.56 Å². The summed E-state index contributed by atoms with van der Waals surface area (Å²) >= 11 is 1.55. The molecule has 0 unspecified atom stereocenters. The van der Waals surface area contributed by atoms with Crippen molar-refractivity contribution in [3.63, 3.8) is 0 Å². The Labute approximate surface area is 111 Å². The summed E-state index contributed by atoms with van der Waals surface area (Å²) in [4.78, 5) is 9.61. The van der Waals surface area contributed by atoms with Crippen LogP contribution in [0.3, 0.4) is 0 Å². The van der Waals surface area contributed by atoms with Crippen LogP contribution < -0.4 is 5.32 Å². The van der Waals surface area contributed by atoms with Crippen molar-refractivity contribution in [1.29, 1.82) is 0 Å². The molecule has 1 N–H and O–H groups in total. The lowest BCUT2D eigenvalue weighted by Crippen LogP contribution is -2.08. The molecule has 0 saturated heterocycles. The molecule has 1 heterocycles. The Kier molecular flexibility index (Phi) is 4.06. The van der Waals surface area contributed by atoms with E-state index in [4.69, 9.17) is 0 Å². The number of halogens is 2. The van der Waals surface area contributed by atoms with Gasteiger partial charge in [-0.3, -0.25) is 10.1 Å². The fraction of sp³-hybridized carbons (Fsp3) is 0.167. The van der Waals surface area contributed by atoms with E-state index in [0.717, 1.165) is 5.56 Å². The van der Waals surface area contributed by atoms with Crippen LogP contribution >= 0.6 is 11.3 Å². The molecule has 0 saturated carbocycles. The molecule has 4 nitrogen and oxygen atoms in total. The lowest BCUT2D eigenvalue weighted by Gasteiger charge is -2.08. The minimum Gasteiger partial charge on any atom is -0.380 e.